The number of likely N-dealkylation sites (tertiary alicyclic amines) is 1. The zero-order valence-corrected chi connectivity index (χ0v) is 18.1. The average molecular weight is 412 g/mol. The summed E-state index contributed by atoms with van der Waals surface area (Å²) in [4.78, 5) is 21.6. The molecule has 3 aliphatic rings. The van der Waals surface area contributed by atoms with Crippen molar-refractivity contribution in [3.05, 3.63) is 29.5 Å². The van der Waals surface area contributed by atoms with Gasteiger partial charge in [0.15, 0.2) is 0 Å². The van der Waals surface area contributed by atoms with E-state index >= 15 is 0 Å². The van der Waals surface area contributed by atoms with Crippen LogP contribution in [0.5, 0.6) is 5.75 Å². The minimum absolute atomic E-state index is 0.0502. The fourth-order valence-electron chi connectivity index (χ4n) is 6.10. The highest BCUT2D eigenvalue weighted by Crippen LogP contribution is 2.49. The van der Waals surface area contributed by atoms with Gasteiger partial charge in [0, 0.05) is 40.5 Å². The third-order valence-corrected chi connectivity index (χ3v) is 7.85. The lowest BCUT2D eigenvalue weighted by molar-refractivity contribution is -0.141. The fraction of sp³-hybridized carbons (Fsp3) is 0.625. The Morgan fingerprint density at radius 2 is 2.00 bits per heavy atom. The smallest absolute Gasteiger partial charge is 0.226 e. The van der Waals surface area contributed by atoms with Crippen LogP contribution in [0.3, 0.4) is 0 Å². The molecule has 2 aromatic rings. The Hall–Kier alpha value is -2.05. The first-order chi connectivity index (χ1) is 14.6. The second kappa shape index (κ2) is 7.57. The first kappa shape index (κ1) is 19.9. The highest BCUT2D eigenvalue weighted by Gasteiger charge is 2.49. The quantitative estimate of drug-likeness (QED) is 0.814. The van der Waals surface area contributed by atoms with Crippen LogP contribution in [-0.4, -0.2) is 66.2 Å². The number of ether oxygens (including phenoxy) is 1. The average Bonchev–Trinajstić information content (AvgIpc) is 3.43. The molecule has 2 aliphatic heterocycles. The first-order valence-electron chi connectivity index (χ1n) is 11.4. The third kappa shape index (κ3) is 3.04. The summed E-state index contributed by atoms with van der Waals surface area (Å²) in [5.41, 5.74) is 3.33. The summed E-state index contributed by atoms with van der Waals surface area (Å²) >= 11 is 0. The molecule has 1 spiro atoms. The van der Waals surface area contributed by atoms with Crippen LogP contribution in [-0.2, 0) is 10.2 Å². The van der Waals surface area contributed by atoms with Crippen molar-refractivity contribution in [3.63, 3.8) is 0 Å². The lowest BCUT2D eigenvalue weighted by Gasteiger charge is -2.50. The van der Waals surface area contributed by atoms with Crippen LogP contribution in [0.4, 0.5) is 0 Å². The number of piperidine rings is 1. The lowest BCUT2D eigenvalue weighted by Crippen LogP contribution is -2.55. The largest absolute Gasteiger partial charge is 0.497 e. The van der Waals surface area contributed by atoms with Crippen LogP contribution in [0.25, 0.3) is 10.9 Å². The molecule has 1 saturated carbocycles. The maximum Gasteiger partial charge on any atom is 0.226 e. The minimum atomic E-state index is -0.295. The SMILES string of the molecule is COc1ccc2c3c([nH]c2c1)[C@H](CO)N(C(=O)C1CCCC1)CC31CCN(C)CC1. The normalized spacial score (nSPS) is 24.5. The summed E-state index contributed by atoms with van der Waals surface area (Å²) in [5, 5.41) is 11.6. The molecule has 0 unspecified atom stereocenters. The number of benzene rings is 1. The van der Waals surface area contributed by atoms with Gasteiger partial charge in [-0.1, -0.05) is 12.8 Å². The van der Waals surface area contributed by atoms with E-state index in [1.165, 1.54) is 10.9 Å². The molecule has 2 N–H and O–H groups in total. The van der Waals surface area contributed by atoms with Crippen LogP contribution in [0.15, 0.2) is 18.2 Å². The number of fused-ring (bicyclic) bond motifs is 4. The van der Waals surface area contributed by atoms with Crippen molar-refractivity contribution < 1.29 is 14.6 Å². The summed E-state index contributed by atoms with van der Waals surface area (Å²) < 4.78 is 5.44. The molecular formula is C24H33N3O3. The summed E-state index contributed by atoms with van der Waals surface area (Å²) in [7, 11) is 3.86. The van der Waals surface area contributed by atoms with Gasteiger partial charge in [0.25, 0.3) is 0 Å². The molecule has 1 amide bonds. The molecule has 30 heavy (non-hydrogen) atoms. The van der Waals surface area contributed by atoms with Crippen LogP contribution in [0.1, 0.15) is 55.8 Å². The molecular weight excluding hydrogens is 378 g/mol. The van der Waals surface area contributed by atoms with Crippen molar-refractivity contribution in [3.8, 4) is 5.75 Å². The molecule has 6 heteroatoms. The number of aromatic amines is 1. The maximum atomic E-state index is 13.6. The number of aromatic nitrogens is 1. The predicted molar refractivity (Wildman–Crippen MR) is 117 cm³/mol. The Morgan fingerprint density at radius 3 is 2.67 bits per heavy atom. The molecule has 1 aliphatic carbocycles. The topological polar surface area (TPSA) is 68.8 Å². The van der Waals surface area contributed by atoms with Gasteiger partial charge < -0.3 is 24.6 Å². The number of hydrogen-bond donors (Lipinski definition) is 2. The number of H-pyrrole nitrogens is 1. The van der Waals surface area contributed by atoms with Crippen molar-refractivity contribution in [1.82, 2.24) is 14.8 Å². The molecule has 1 aromatic heterocycles. The second-order valence-corrected chi connectivity index (χ2v) is 9.55. The number of carbonyl (C=O) groups is 1. The van der Waals surface area contributed by atoms with Crippen LogP contribution in [0, 0.1) is 5.92 Å². The van der Waals surface area contributed by atoms with Gasteiger partial charge in [-0.25, -0.2) is 0 Å². The maximum absolute atomic E-state index is 13.6. The Balaban J connectivity index is 1.65. The van der Waals surface area contributed by atoms with E-state index in [0.29, 0.717) is 6.54 Å². The molecule has 3 heterocycles. The van der Waals surface area contributed by atoms with Gasteiger partial charge in [0.2, 0.25) is 5.91 Å². The highest BCUT2D eigenvalue weighted by molar-refractivity contribution is 5.89. The second-order valence-electron chi connectivity index (χ2n) is 9.55. The van der Waals surface area contributed by atoms with E-state index in [4.69, 9.17) is 4.74 Å². The van der Waals surface area contributed by atoms with Gasteiger partial charge in [-0.15, -0.1) is 0 Å². The number of nitrogens with zero attached hydrogens (tertiary/aromatic N) is 2. The van der Waals surface area contributed by atoms with E-state index < -0.39 is 0 Å². The molecule has 5 rings (SSSR count). The zero-order valence-electron chi connectivity index (χ0n) is 18.1. The third-order valence-electron chi connectivity index (χ3n) is 7.85. The Morgan fingerprint density at radius 1 is 1.27 bits per heavy atom. The number of amides is 1. The molecule has 6 nitrogen and oxygen atoms in total. The van der Waals surface area contributed by atoms with E-state index in [2.05, 4.69) is 23.0 Å². The molecule has 1 atom stereocenters. The molecule has 0 bridgehead atoms. The van der Waals surface area contributed by atoms with Crippen LogP contribution < -0.4 is 4.74 Å². The number of rotatable bonds is 3. The van der Waals surface area contributed by atoms with Gasteiger partial charge in [-0.2, -0.15) is 0 Å². The molecule has 0 radical (unpaired) electrons. The van der Waals surface area contributed by atoms with Gasteiger partial charge in [-0.05, 0) is 63.5 Å². The Kier molecular flexibility index (Phi) is 5.02. The van der Waals surface area contributed by atoms with E-state index in [1.54, 1.807) is 7.11 Å². The number of methoxy groups -OCH3 is 1. The summed E-state index contributed by atoms with van der Waals surface area (Å²) in [6.45, 7) is 2.72. The summed E-state index contributed by atoms with van der Waals surface area (Å²) in [5.74, 6) is 1.18. The van der Waals surface area contributed by atoms with Gasteiger partial charge >= 0.3 is 0 Å². The van der Waals surface area contributed by atoms with Crippen LogP contribution in [0.2, 0.25) is 0 Å². The summed E-state index contributed by atoms with van der Waals surface area (Å²) in [6, 6.07) is 5.90. The minimum Gasteiger partial charge on any atom is -0.497 e. The number of carbonyl (C=O) groups excluding carboxylic acids is 1. The van der Waals surface area contributed by atoms with Crippen molar-refractivity contribution in [2.24, 2.45) is 5.92 Å². The van der Waals surface area contributed by atoms with E-state index in [-0.39, 0.29) is 29.9 Å². The number of hydrogen-bond acceptors (Lipinski definition) is 4. The number of aliphatic hydroxyl groups is 1. The van der Waals surface area contributed by atoms with Gasteiger partial charge in [0.1, 0.15) is 5.75 Å². The first-order valence-corrected chi connectivity index (χ1v) is 11.4. The standard InChI is InChI=1S/C24H33N3O3/c1-26-11-9-24(10-12-26)15-27(23(29)16-5-3-4-6-16)20(14-28)22-21(24)18-8-7-17(30-2)13-19(18)25-22/h7-8,13,16,20,25,28H,3-6,9-12,14-15H2,1-2H3/t20-/m0/s1. The summed E-state index contributed by atoms with van der Waals surface area (Å²) in [6.07, 6.45) is 6.31. The zero-order chi connectivity index (χ0) is 20.9. The van der Waals surface area contributed by atoms with E-state index in [1.807, 2.05) is 17.0 Å². The van der Waals surface area contributed by atoms with Gasteiger partial charge in [0.05, 0.1) is 19.8 Å². The monoisotopic (exact) mass is 411 g/mol. The van der Waals surface area contributed by atoms with E-state index in [9.17, 15) is 9.90 Å². The molecule has 162 valence electrons. The van der Waals surface area contributed by atoms with Crippen molar-refractivity contribution in [1.29, 1.82) is 0 Å². The number of nitrogens with one attached hydrogen (secondary N) is 1. The molecule has 1 aromatic carbocycles. The van der Waals surface area contributed by atoms with Crippen LogP contribution >= 0.6 is 0 Å². The van der Waals surface area contributed by atoms with Crippen molar-refractivity contribution >= 4 is 16.8 Å². The van der Waals surface area contributed by atoms with E-state index in [0.717, 1.165) is 68.6 Å². The fourth-order valence-corrected chi connectivity index (χ4v) is 6.10. The number of aliphatic hydroxyl groups excluding tert-OH is 1. The molecule has 1 saturated heterocycles. The lowest BCUT2D eigenvalue weighted by atomic mass is 9.68. The van der Waals surface area contributed by atoms with Gasteiger partial charge in [-0.3, -0.25) is 4.79 Å². The highest BCUT2D eigenvalue weighted by atomic mass is 16.5. The van der Waals surface area contributed by atoms with Crippen molar-refractivity contribution in [2.45, 2.75) is 50.0 Å². The molecule has 2 fully saturated rings. The Labute approximate surface area is 178 Å². The predicted octanol–water partition coefficient (Wildman–Crippen LogP) is 3.21. The van der Waals surface area contributed by atoms with Crippen molar-refractivity contribution in [2.75, 3.05) is 40.4 Å². The Bertz CT molecular complexity index is 939.